The second-order valence-corrected chi connectivity index (χ2v) is 4.66. The summed E-state index contributed by atoms with van der Waals surface area (Å²) >= 11 is 1.60. The Morgan fingerprint density at radius 3 is 3.00 bits per heavy atom. The van der Waals surface area contributed by atoms with E-state index in [-0.39, 0.29) is 0 Å². The number of thiophene rings is 1. The fourth-order valence-electron chi connectivity index (χ4n) is 1.39. The lowest BCUT2D eigenvalue weighted by molar-refractivity contribution is 0.309. The molecule has 0 spiro atoms. The van der Waals surface area contributed by atoms with Crippen LogP contribution >= 0.6 is 11.3 Å². The van der Waals surface area contributed by atoms with Crippen molar-refractivity contribution < 1.29 is 4.74 Å². The molecule has 2 rings (SSSR count). The van der Waals surface area contributed by atoms with Gasteiger partial charge < -0.3 is 4.74 Å². The number of ether oxygens (including phenoxy) is 1. The van der Waals surface area contributed by atoms with Crippen molar-refractivity contribution in [3.05, 3.63) is 10.9 Å². The molecule has 0 aromatic carbocycles. The molecule has 5 nitrogen and oxygen atoms in total. The zero-order valence-electron chi connectivity index (χ0n) is 9.28. The summed E-state index contributed by atoms with van der Waals surface area (Å²) in [6, 6.07) is 2.03. The van der Waals surface area contributed by atoms with E-state index in [1.165, 1.54) is 4.88 Å². The third-order valence-corrected chi connectivity index (χ3v) is 3.00. The van der Waals surface area contributed by atoms with Crippen molar-refractivity contribution in [2.75, 3.05) is 12.0 Å². The third-order valence-electron chi connectivity index (χ3n) is 2.05. The van der Waals surface area contributed by atoms with Crippen molar-refractivity contribution in [1.29, 1.82) is 0 Å². The summed E-state index contributed by atoms with van der Waals surface area (Å²) in [4.78, 5) is 10.6. The number of nitrogens with one attached hydrogen (secondary N) is 1. The van der Waals surface area contributed by atoms with Gasteiger partial charge >= 0.3 is 0 Å². The number of hydrogen-bond acceptors (Lipinski definition) is 6. The maximum absolute atomic E-state index is 5.58. The minimum atomic E-state index is 0.389. The van der Waals surface area contributed by atoms with E-state index in [0.29, 0.717) is 18.4 Å². The van der Waals surface area contributed by atoms with Crippen LogP contribution in [0.4, 0.5) is 5.95 Å². The van der Waals surface area contributed by atoms with Crippen LogP contribution in [-0.2, 0) is 0 Å². The molecule has 0 unspecified atom stereocenters. The van der Waals surface area contributed by atoms with Gasteiger partial charge in [0, 0.05) is 4.88 Å². The lowest BCUT2D eigenvalue weighted by atomic mass is 10.3. The van der Waals surface area contributed by atoms with Crippen LogP contribution < -0.4 is 16.0 Å². The van der Waals surface area contributed by atoms with Crippen LogP contribution in [0, 0.1) is 6.92 Å². The second-order valence-electron chi connectivity index (χ2n) is 3.42. The number of nitrogen functional groups attached to an aromatic ring is 1. The molecule has 2 aromatic heterocycles. The SMILES string of the molecule is CCCOc1nc(NN)nc2sc(C)cc12. The molecule has 0 fully saturated rings. The number of fused-ring (bicyclic) bond motifs is 1. The molecule has 86 valence electrons. The lowest BCUT2D eigenvalue weighted by Gasteiger charge is -2.06. The Morgan fingerprint density at radius 1 is 1.50 bits per heavy atom. The summed E-state index contributed by atoms with van der Waals surface area (Å²) in [5.41, 5.74) is 2.45. The summed E-state index contributed by atoms with van der Waals surface area (Å²) in [6.45, 7) is 4.73. The van der Waals surface area contributed by atoms with Gasteiger partial charge in [0.1, 0.15) is 4.83 Å². The number of anilines is 1. The van der Waals surface area contributed by atoms with Crippen LogP contribution in [0.2, 0.25) is 0 Å². The van der Waals surface area contributed by atoms with Crippen LogP contribution in [0.25, 0.3) is 10.2 Å². The zero-order valence-corrected chi connectivity index (χ0v) is 10.1. The monoisotopic (exact) mass is 238 g/mol. The van der Waals surface area contributed by atoms with Gasteiger partial charge in [-0.2, -0.15) is 4.98 Å². The quantitative estimate of drug-likeness (QED) is 0.630. The molecule has 0 aliphatic heterocycles. The Kier molecular flexibility index (Phi) is 3.21. The molecule has 0 amide bonds. The van der Waals surface area contributed by atoms with Crippen LogP contribution in [0.1, 0.15) is 18.2 Å². The second kappa shape index (κ2) is 4.63. The molecule has 0 aliphatic carbocycles. The highest BCUT2D eigenvalue weighted by molar-refractivity contribution is 7.18. The van der Waals surface area contributed by atoms with E-state index in [2.05, 4.69) is 22.3 Å². The molecule has 3 N–H and O–H groups in total. The number of nitrogens with zero attached hydrogens (tertiary/aromatic N) is 2. The molecule has 0 aliphatic rings. The summed E-state index contributed by atoms with van der Waals surface area (Å²) in [5, 5.41) is 0.954. The molecule has 16 heavy (non-hydrogen) atoms. The molecular weight excluding hydrogens is 224 g/mol. The highest BCUT2D eigenvalue weighted by atomic mass is 32.1. The Bertz CT molecular complexity index is 497. The average Bonchev–Trinajstić information content (AvgIpc) is 2.65. The lowest BCUT2D eigenvalue weighted by Crippen LogP contribution is -2.11. The van der Waals surface area contributed by atoms with Crippen molar-refractivity contribution in [2.45, 2.75) is 20.3 Å². The highest BCUT2D eigenvalue weighted by Crippen LogP contribution is 2.30. The summed E-state index contributed by atoms with van der Waals surface area (Å²) in [7, 11) is 0. The van der Waals surface area contributed by atoms with Crippen molar-refractivity contribution in [3.8, 4) is 5.88 Å². The summed E-state index contributed by atoms with van der Waals surface area (Å²) in [5.74, 6) is 6.31. The van der Waals surface area contributed by atoms with Crippen LogP contribution in [0.15, 0.2) is 6.07 Å². The van der Waals surface area contributed by atoms with Gasteiger partial charge in [-0.25, -0.2) is 10.8 Å². The maximum Gasteiger partial charge on any atom is 0.241 e. The Labute approximate surface area is 97.6 Å². The molecule has 6 heteroatoms. The van der Waals surface area contributed by atoms with Crippen molar-refractivity contribution >= 4 is 27.5 Å². The predicted molar refractivity (Wildman–Crippen MR) is 65.7 cm³/mol. The van der Waals surface area contributed by atoms with Crippen molar-refractivity contribution in [1.82, 2.24) is 9.97 Å². The standard InChI is InChI=1S/C10H14N4OS/c1-3-4-15-8-7-5-6(2)16-9(7)13-10(12-8)14-11/h5H,3-4,11H2,1-2H3,(H,12,13,14). The number of hydrazine groups is 1. The van der Waals surface area contributed by atoms with E-state index in [9.17, 15) is 0 Å². The van der Waals surface area contributed by atoms with Gasteiger partial charge in [-0.05, 0) is 19.4 Å². The Hall–Kier alpha value is -1.40. The topological polar surface area (TPSA) is 73.1 Å². The first-order valence-electron chi connectivity index (χ1n) is 5.12. The summed E-state index contributed by atoms with van der Waals surface area (Å²) < 4.78 is 5.58. The predicted octanol–water partition coefficient (Wildman–Crippen LogP) is 2.07. The van der Waals surface area contributed by atoms with E-state index in [0.717, 1.165) is 16.6 Å². The molecule has 0 saturated carbocycles. The normalized spacial score (nSPS) is 10.7. The molecule has 0 radical (unpaired) electrons. The third kappa shape index (κ3) is 2.07. The molecule has 0 bridgehead atoms. The van der Waals surface area contributed by atoms with E-state index < -0.39 is 0 Å². The van der Waals surface area contributed by atoms with Crippen LogP contribution in [0.5, 0.6) is 5.88 Å². The fourth-order valence-corrected chi connectivity index (χ4v) is 2.26. The number of aromatic nitrogens is 2. The zero-order chi connectivity index (χ0) is 11.5. The highest BCUT2D eigenvalue weighted by Gasteiger charge is 2.10. The minimum absolute atomic E-state index is 0.389. The molecule has 2 aromatic rings. The smallest absolute Gasteiger partial charge is 0.241 e. The number of nitrogens with two attached hydrogens (primary N) is 1. The van der Waals surface area contributed by atoms with E-state index in [1.807, 2.05) is 13.0 Å². The Morgan fingerprint density at radius 2 is 2.31 bits per heavy atom. The van der Waals surface area contributed by atoms with Gasteiger partial charge in [0.15, 0.2) is 0 Å². The molecule has 0 saturated heterocycles. The molecule has 0 atom stereocenters. The summed E-state index contributed by atoms with van der Waals surface area (Å²) in [6.07, 6.45) is 0.944. The van der Waals surface area contributed by atoms with Gasteiger partial charge in [0.05, 0.1) is 12.0 Å². The van der Waals surface area contributed by atoms with Gasteiger partial charge in [0.25, 0.3) is 0 Å². The van der Waals surface area contributed by atoms with E-state index in [4.69, 9.17) is 10.6 Å². The van der Waals surface area contributed by atoms with Crippen molar-refractivity contribution in [2.24, 2.45) is 5.84 Å². The first-order valence-corrected chi connectivity index (χ1v) is 5.94. The van der Waals surface area contributed by atoms with Gasteiger partial charge in [-0.1, -0.05) is 6.92 Å². The van der Waals surface area contributed by atoms with Crippen molar-refractivity contribution in [3.63, 3.8) is 0 Å². The number of hydrogen-bond donors (Lipinski definition) is 2. The maximum atomic E-state index is 5.58. The number of rotatable bonds is 4. The largest absolute Gasteiger partial charge is 0.477 e. The van der Waals surface area contributed by atoms with Gasteiger partial charge in [0.2, 0.25) is 11.8 Å². The van der Waals surface area contributed by atoms with E-state index >= 15 is 0 Å². The fraction of sp³-hybridized carbons (Fsp3) is 0.400. The molecule has 2 heterocycles. The average molecular weight is 238 g/mol. The molecular formula is C10H14N4OS. The number of aryl methyl sites for hydroxylation is 1. The van der Waals surface area contributed by atoms with Crippen LogP contribution in [-0.4, -0.2) is 16.6 Å². The van der Waals surface area contributed by atoms with Gasteiger partial charge in [-0.3, -0.25) is 5.43 Å². The Balaban J connectivity index is 2.49. The minimum Gasteiger partial charge on any atom is -0.477 e. The van der Waals surface area contributed by atoms with E-state index in [1.54, 1.807) is 11.3 Å². The van der Waals surface area contributed by atoms with Crippen LogP contribution in [0.3, 0.4) is 0 Å². The van der Waals surface area contributed by atoms with Gasteiger partial charge in [-0.15, -0.1) is 11.3 Å². The first-order chi connectivity index (χ1) is 7.74. The first kappa shape index (κ1) is 11.1.